The molecule has 0 radical (unpaired) electrons. The zero-order valence-electron chi connectivity index (χ0n) is 10.1. The first-order valence-corrected chi connectivity index (χ1v) is 6.62. The normalized spacial score (nSPS) is 11.2. The van der Waals surface area contributed by atoms with E-state index in [1.54, 1.807) is 0 Å². The SMILES string of the molecule is CCOc1ccccc1OCC(C)(C)CBr. The molecule has 0 unspecified atom stereocenters. The van der Waals surface area contributed by atoms with E-state index in [2.05, 4.69) is 29.8 Å². The fourth-order valence-corrected chi connectivity index (χ4v) is 1.32. The van der Waals surface area contributed by atoms with Crippen molar-refractivity contribution in [1.82, 2.24) is 0 Å². The smallest absolute Gasteiger partial charge is 0.161 e. The molecule has 1 aromatic rings. The van der Waals surface area contributed by atoms with E-state index >= 15 is 0 Å². The summed E-state index contributed by atoms with van der Waals surface area (Å²) in [6.45, 7) is 7.61. The van der Waals surface area contributed by atoms with Gasteiger partial charge < -0.3 is 9.47 Å². The highest BCUT2D eigenvalue weighted by Crippen LogP contribution is 2.28. The summed E-state index contributed by atoms with van der Waals surface area (Å²) in [4.78, 5) is 0. The van der Waals surface area contributed by atoms with Gasteiger partial charge >= 0.3 is 0 Å². The van der Waals surface area contributed by atoms with Gasteiger partial charge in [0, 0.05) is 10.7 Å². The second kappa shape index (κ2) is 6.14. The average Bonchev–Trinajstić information content (AvgIpc) is 2.28. The van der Waals surface area contributed by atoms with Crippen LogP contribution in [0.1, 0.15) is 20.8 Å². The lowest BCUT2D eigenvalue weighted by Gasteiger charge is -2.22. The summed E-state index contributed by atoms with van der Waals surface area (Å²) < 4.78 is 11.3. The molecule has 3 heteroatoms. The number of benzene rings is 1. The quantitative estimate of drug-likeness (QED) is 0.739. The topological polar surface area (TPSA) is 18.5 Å². The summed E-state index contributed by atoms with van der Waals surface area (Å²) in [7, 11) is 0. The molecule has 0 N–H and O–H groups in total. The van der Waals surface area contributed by atoms with E-state index in [1.165, 1.54) is 0 Å². The molecule has 0 bridgehead atoms. The molecule has 1 aromatic carbocycles. The number of hydrogen-bond donors (Lipinski definition) is 0. The third kappa shape index (κ3) is 4.05. The molecule has 0 fully saturated rings. The maximum Gasteiger partial charge on any atom is 0.161 e. The van der Waals surface area contributed by atoms with Crippen molar-refractivity contribution in [2.45, 2.75) is 20.8 Å². The Morgan fingerprint density at radius 1 is 1.12 bits per heavy atom. The van der Waals surface area contributed by atoms with Crippen LogP contribution in [0.25, 0.3) is 0 Å². The van der Waals surface area contributed by atoms with Crippen LogP contribution in [0.5, 0.6) is 11.5 Å². The molecule has 0 amide bonds. The van der Waals surface area contributed by atoms with E-state index in [0.717, 1.165) is 16.8 Å². The van der Waals surface area contributed by atoms with E-state index in [0.29, 0.717) is 13.2 Å². The van der Waals surface area contributed by atoms with Crippen LogP contribution >= 0.6 is 15.9 Å². The van der Waals surface area contributed by atoms with Crippen LogP contribution in [0.2, 0.25) is 0 Å². The number of hydrogen-bond acceptors (Lipinski definition) is 2. The average molecular weight is 287 g/mol. The Morgan fingerprint density at radius 3 is 2.19 bits per heavy atom. The number of para-hydroxylation sites is 2. The molecule has 0 atom stereocenters. The Morgan fingerprint density at radius 2 is 1.69 bits per heavy atom. The highest BCUT2D eigenvalue weighted by Gasteiger charge is 2.17. The molecule has 90 valence electrons. The van der Waals surface area contributed by atoms with E-state index in [4.69, 9.17) is 9.47 Å². The molecular weight excluding hydrogens is 268 g/mol. The molecule has 0 saturated heterocycles. The number of halogens is 1. The molecule has 16 heavy (non-hydrogen) atoms. The second-order valence-electron chi connectivity index (χ2n) is 4.47. The molecule has 0 aliphatic carbocycles. The molecule has 0 heterocycles. The molecule has 1 rings (SSSR count). The van der Waals surface area contributed by atoms with Crippen LogP contribution in [0, 0.1) is 5.41 Å². The van der Waals surface area contributed by atoms with Gasteiger partial charge in [-0.15, -0.1) is 0 Å². The van der Waals surface area contributed by atoms with Crippen molar-refractivity contribution >= 4 is 15.9 Å². The Kier molecular flexibility index (Phi) is 5.13. The lowest BCUT2D eigenvalue weighted by molar-refractivity contribution is 0.193. The van der Waals surface area contributed by atoms with Crippen LogP contribution in [0.3, 0.4) is 0 Å². The van der Waals surface area contributed by atoms with E-state index in [-0.39, 0.29) is 5.41 Å². The zero-order valence-corrected chi connectivity index (χ0v) is 11.7. The largest absolute Gasteiger partial charge is 0.490 e. The first-order valence-electron chi connectivity index (χ1n) is 5.49. The van der Waals surface area contributed by atoms with Crippen molar-refractivity contribution < 1.29 is 9.47 Å². The van der Waals surface area contributed by atoms with E-state index < -0.39 is 0 Å². The van der Waals surface area contributed by atoms with Crippen molar-refractivity contribution in [2.24, 2.45) is 5.41 Å². The van der Waals surface area contributed by atoms with Crippen LogP contribution in [0.15, 0.2) is 24.3 Å². The first-order chi connectivity index (χ1) is 7.59. The van der Waals surface area contributed by atoms with Crippen molar-refractivity contribution in [2.75, 3.05) is 18.5 Å². The van der Waals surface area contributed by atoms with Crippen LogP contribution < -0.4 is 9.47 Å². The highest BCUT2D eigenvalue weighted by atomic mass is 79.9. The van der Waals surface area contributed by atoms with Crippen LogP contribution in [0.4, 0.5) is 0 Å². The molecule has 0 spiro atoms. The molecular formula is C13H19BrO2. The lowest BCUT2D eigenvalue weighted by atomic mass is 9.98. The van der Waals surface area contributed by atoms with E-state index in [1.807, 2.05) is 31.2 Å². The standard InChI is InChI=1S/C13H19BrO2/c1-4-15-11-7-5-6-8-12(11)16-10-13(2,3)9-14/h5-8H,4,9-10H2,1-3H3. The monoisotopic (exact) mass is 286 g/mol. The van der Waals surface area contributed by atoms with Crippen molar-refractivity contribution in [3.05, 3.63) is 24.3 Å². The third-order valence-corrected chi connectivity index (χ3v) is 3.65. The maximum absolute atomic E-state index is 5.79. The van der Waals surface area contributed by atoms with Crippen molar-refractivity contribution in [1.29, 1.82) is 0 Å². The Balaban J connectivity index is 2.66. The number of rotatable bonds is 6. The van der Waals surface area contributed by atoms with Gasteiger partial charge in [-0.05, 0) is 19.1 Å². The predicted octanol–water partition coefficient (Wildman–Crippen LogP) is 3.89. The van der Waals surface area contributed by atoms with Gasteiger partial charge in [-0.2, -0.15) is 0 Å². The van der Waals surface area contributed by atoms with Gasteiger partial charge in [0.1, 0.15) is 0 Å². The molecule has 0 aliphatic rings. The Labute approximate surface area is 106 Å². The second-order valence-corrected chi connectivity index (χ2v) is 5.03. The summed E-state index contributed by atoms with van der Waals surface area (Å²) >= 11 is 3.48. The maximum atomic E-state index is 5.79. The molecule has 0 aromatic heterocycles. The minimum atomic E-state index is 0.124. The third-order valence-electron chi connectivity index (χ3n) is 2.13. The van der Waals surface area contributed by atoms with Gasteiger partial charge in [-0.1, -0.05) is 41.9 Å². The van der Waals surface area contributed by atoms with Gasteiger partial charge in [0.25, 0.3) is 0 Å². The summed E-state index contributed by atoms with van der Waals surface area (Å²) in [5.41, 5.74) is 0.124. The predicted molar refractivity (Wildman–Crippen MR) is 70.7 cm³/mol. The lowest BCUT2D eigenvalue weighted by Crippen LogP contribution is -2.23. The number of ether oxygens (including phenoxy) is 2. The van der Waals surface area contributed by atoms with Crippen molar-refractivity contribution in [3.8, 4) is 11.5 Å². The minimum Gasteiger partial charge on any atom is -0.490 e. The number of alkyl halides is 1. The molecule has 0 saturated carbocycles. The summed E-state index contributed by atoms with van der Waals surface area (Å²) in [6.07, 6.45) is 0. The molecule has 2 nitrogen and oxygen atoms in total. The summed E-state index contributed by atoms with van der Waals surface area (Å²) in [5.74, 6) is 1.63. The first kappa shape index (κ1) is 13.4. The highest BCUT2D eigenvalue weighted by molar-refractivity contribution is 9.09. The molecule has 0 aliphatic heterocycles. The fraction of sp³-hybridized carbons (Fsp3) is 0.538. The van der Waals surface area contributed by atoms with Gasteiger partial charge in [0.2, 0.25) is 0 Å². The minimum absolute atomic E-state index is 0.124. The van der Waals surface area contributed by atoms with Crippen molar-refractivity contribution in [3.63, 3.8) is 0 Å². The zero-order chi connectivity index (χ0) is 12.0. The van der Waals surface area contributed by atoms with Gasteiger partial charge in [-0.25, -0.2) is 0 Å². The van der Waals surface area contributed by atoms with Crippen LogP contribution in [-0.4, -0.2) is 18.5 Å². The Hall–Kier alpha value is -0.700. The Bertz CT molecular complexity index is 323. The summed E-state index contributed by atoms with van der Waals surface area (Å²) in [6, 6.07) is 7.78. The van der Waals surface area contributed by atoms with Crippen LogP contribution in [-0.2, 0) is 0 Å². The van der Waals surface area contributed by atoms with Gasteiger partial charge in [0.05, 0.1) is 13.2 Å². The van der Waals surface area contributed by atoms with E-state index in [9.17, 15) is 0 Å². The summed E-state index contributed by atoms with van der Waals surface area (Å²) in [5, 5.41) is 0.913. The van der Waals surface area contributed by atoms with Gasteiger partial charge in [-0.3, -0.25) is 0 Å². The van der Waals surface area contributed by atoms with Gasteiger partial charge in [0.15, 0.2) is 11.5 Å². The fourth-order valence-electron chi connectivity index (χ4n) is 1.16.